The largest absolute Gasteiger partial charge is 0.478 e. The minimum Gasteiger partial charge on any atom is -0.478 e. The average molecular weight is 599 g/mol. The average Bonchev–Trinajstić information content (AvgIpc) is 3.03. The van der Waals surface area contributed by atoms with Crippen LogP contribution in [0.15, 0.2) is 60.7 Å². The Bertz CT molecular complexity index is 1540. The molecule has 8 N–H and O–H groups in total. The highest BCUT2D eigenvalue weighted by Gasteiger charge is 2.17. The molecule has 0 aromatic heterocycles. The van der Waals surface area contributed by atoms with E-state index in [1.807, 2.05) is 48.5 Å². The third kappa shape index (κ3) is 10.2. The number of carbonyl (C=O) groups is 4. The Morgan fingerprint density at radius 1 is 0.636 bits per heavy atom. The number of benzene rings is 3. The lowest BCUT2D eigenvalue weighted by molar-refractivity contribution is 0.0680. The summed E-state index contributed by atoms with van der Waals surface area (Å²) in [6.07, 6.45) is -1.49. The summed E-state index contributed by atoms with van der Waals surface area (Å²) in [7, 11) is 0. The highest BCUT2D eigenvalue weighted by atomic mass is 16.6. The van der Waals surface area contributed by atoms with Crippen LogP contribution in [0.25, 0.3) is 0 Å². The molecule has 0 bridgehead atoms. The van der Waals surface area contributed by atoms with Crippen LogP contribution < -0.4 is 22.1 Å². The predicted molar refractivity (Wildman–Crippen MR) is 159 cm³/mol. The molecule has 0 saturated heterocycles. The fraction of sp³-hybridized carbons (Fsp3) is 0.188. The van der Waals surface area contributed by atoms with Crippen molar-refractivity contribution < 1.29 is 38.9 Å². The van der Waals surface area contributed by atoms with Gasteiger partial charge in [-0.15, -0.1) is 0 Å². The van der Waals surface area contributed by atoms with Gasteiger partial charge in [-0.25, -0.2) is 19.2 Å². The van der Waals surface area contributed by atoms with Crippen LogP contribution in [0.4, 0.5) is 9.59 Å². The second kappa shape index (κ2) is 16.6. The molecule has 0 radical (unpaired) electrons. The van der Waals surface area contributed by atoms with Gasteiger partial charge in [0.1, 0.15) is 0 Å². The van der Waals surface area contributed by atoms with Gasteiger partial charge in [-0.3, -0.25) is 0 Å². The normalized spacial score (nSPS) is 9.86. The third-order valence-electron chi connectivity index (χ3n) is 5.94. The summed E-state index contributed by atoms with van der Waals surface area (Å²) in [5, 5.41) is 24.4. The SMILES string of the molecule is NCc1cccc(CNC(=O)OCC#Cc2cc(C(=O)O)c(C#CCOC(=O)NCc3cccc(CN)c3)cc2C(=O)O)c1. The van der Waals surface area contributed by atoms with Crippen LogP contribution in [-0.2, 0) is 35.7 Å². The predicted octanol–water partition coefficient (Wildman–Crippen LogP) is 2.56. The molecule has 44 heavy (non-hydrogen) atoms. The monoisotopic (exact) mass is 598 g/mol. The van der Waals surface area contributed by atoms with Gasteiger partial charge >= 0.3 is 24.1 Å². The number of carboxylic acids is 2. The zero-order valence-electron chi connectivity index (χ0n) is 23.5. The molecule has 0 aliphatic heterocycles. The summed E-state index contributed by atoms with van der Waals surface area (Å²) >= 11 is 0. The Hall–Kier alpha value is -5.82. The number of amides is 2. The summed E-state index contributed by atoms with van der Waals surface area (Å²) in [6, 6.07) is 16.8. The van der Waals surface area contributed by atoms with E-state index in [1.165, 1.54) is 0 Å². The lowest BCUT2D eigenvalue weighted by Crippen LogP contribution is -2.24. The number of nitrogens with one attached hydrogen (secondary N) is 2. The second-order valence-electron chi connectivity index (χ2n) is 9.06. The van der Waals surface area contributed by atoms with Gasteiger partial charge in [-0.1, -0.05) is 72.2 Å². The van der Waals surface area contributed by atoms with Gasteiger partial charge < -0.3 is 41.8 Å². The second-order valence-corrected chi connectivity index (χ2v) is 9.06. The zero-order chi connectivity index (χ0) is 31.9. The van der Waals surface area contributed by atoms with Crippen molar-refractivity contribution in [1.82, 2.24) is 10.6 Å². The molecule has 0 unspecified atom stereocenters. The molecule has 3 aromatic rings. The summed E-state index contributed by atoms with van der Waals surface area (Å²) in [6.45, 7) is 0.373. The molecule has 0 spiro atoms. The van der Waals surface area contributed by atoms with Crippen LogP contribution in [-0.4, -0.2) is 47.6 Å². The highest BCUT2D eigenvalue weighted by Crippen LogP contribution is 2.17. The molecule has 3 rings (SSSR count). The van der Waals surface area contributed by atoms with Crippen molar-refractivity contribution in [3.8, 4) is 23.7 Å². The number of rotatable bonds is 10. The summed E-state index contributed by atoms with van der Waals surface area (Å²) in [5.41, 5.74) is 13.8. The molecule has 2 amide bonds. The van der Waals surface area contributed by atoms with E-state index < -0.39 is 24.1 Å². The van der Waals surface area contributed by atoms with Crippen LogP contribution in [0.3, 0.4) is 0 Å². The minimum absolute atomic E-state index is 0.114. The van der Waals surface area contributed by atoms with Crippen molar-refractivity contribution in [1.29, 1.82) is 0 Å². The van der Waals surface area contributed by atoms with E-state index in [9.17, 15) is 29.4 Å². The van der Waals surface area contributed by atoms with Crippen molar-refractivity contribution in [2.45, 2.75) is 26.2 Å². The summed E-state index contributed by atoms with van der Waals surface area (Å²) in [5.74, 6) is 7.34. The smallest absolute Gasteiger partial charge is 0.408 e. The van der Waals surface area contributed by atoms with E-state index in [1.54, 1.807) is 0 Å². The topological polar surface area (TPSA) is 203 Å². The van der Waals surface area contributed by atoms with Gasteiger partial charge in [0.05, 0.1) is 11.1 Å². The standard InChI is InChI=1S/C32H30N4O8/c33-17-21-5-1-7-23(13-21)19-35-31(41)43-11-3-9-25-15-28(30(39)40)26(16-27(25)29(37)38)10-4-12-44-32(42)36-20-24-8-2-6-22(14-24)18-34/h1-2,5-8,13-16H,11-12,17-20,33-34H2,(H,35,41)(H,36,42)(H,37,38)(H,39,40). The Balaban J connectivity index is 1.60. The summed E-state index contributed by atoms with van der Waals surface area (Å²) in [4.78, 5) is 47.7. The van der Waals surface area contributed by atoms with Crippen molar-refractivity contribution in [3.63, 3.8) is 0 Å². The van der Waals surface area contributed by atoms with Gasteiger partial charge in [-0.2, -0.15) is 0 Å². The number of nitrogens with two attached hydrogens (primary N) is 2. The van der Waals surface area contributed by atoms with Gasteiger partial charge in [0, 0.05) is 37.3 Å². The number of hydrogen-bond acceptors (Lipinski definition) is 8. The zero-order valence-corrected chi connectivity index (χ0v) is 23.5. The first kappa shape index (κ1) is 32.7. The number of carboxylic acid groups (broad SMARTS) is 2. The Morgan fingerprint density at radius 3 is 1.39 bits per heavy atom. The van der Waals surface area contributed by atoms with Crippen LogP contribution in [0.5, 0.6) is 0 Å². The van der Waals surface area contributed by atoms with E-state index in [0.717, 1.165) is 34.4 Å². The molecule has 0 fully saturated rings. The molecular formula is C32H30N4O8. The first-order chi connectivity index (χ1) is 21.2. The molecule has 0 heterocycles. The van der Waals surface area contributed by atoms with E-state index >= 15 is 0 Å². The van der Waals surface area contributed by atoms with Crippen LogP contribution >= 0.6 is 0 Å². The number of carbonyl (C=O) groups excluding carboxylic acids is 2. The molecular weight excluding hydrogens is 568 g/mol. The van der Waals surface area contributed by atoms with Crippen LogP contribution in [0.1, 0.15) is 54.1 Å². The molecule has 226 valence electrons. The molecule has 12 heteroatoms. The molecule has 0 saturated carbocycles. The van der Waals surface area contributed by atoms with Gasteiger partial charge in [-0.05, 0) is 34.4 Å². The minimum atomic E-state index is -1.37. The van der Waals surface area contributed by atoms with Crippen LogP contribution in [0, 0.1) is 23.7 Å². The number of aromatic carboxylic acids is 2. The van der Waals surface area contributed by atoms with Gasteiger partial charge in [0.2, 0.25) is 0 Å². The maximum Gasteiger partial charge on any atom is 0.408 e. The van der Waals surface area contributed by atoms with E-state index in [0.29, 0.717) is 13.1 Å². The Kier molecular flexibility index (Phi) is 12.3. The first-order valence-corrected chi connectivity index (χ1v) is 13.2. The number of ether oxygens (including phenoxy) is 2. The third-order valence-corrected chi connectivity index (χ3v) is 5.94. The lowest BCUT2D eigenvalue weighted by Gasteiger charge is -2.07. The van der Waals surface area contributed by atoms with Crippen molar-refractivity contribution in [3.05, 3.63) is 105 Å². The first-order valence-electron chi connectivity index (χ1n) is 13.2. The Morgan fingerprint density at radius 2 is 1.02 bits per heavy atom. The van der Waals surface area contributed by atoms with E-state index in [4.69, 9.17) is 20.9 Å². The highest BCUT2D eigenvalue weighted by molar-refractivity contribution is 5.96. The Labute approximate surface area is 253 Å². The fourth-order valence-corrected chi connectivity index (χ4v) is 3.81. The molecule has 0 atom stereocenters. The fourth-order valence-electron chi connectivity index (χ4n) is 3.81. The van der Waals surface area contributed by atoms with Crippen molar-refractivity contribution in [2.24, 2.45) is 11.5 Å². The quantitative estimate of drug-likeness (QED) is 0.188. The molecule has 0 aliphatic rings. The number of hydrogen-bond donors (Lipinski definition) is 6. The van der Waals surface area contributed by atoms with E-state index in [-0.39, 0.29) is 48.6 Å². The maximum atomic E-state index is 12.0. The van der Waals surface area contributed by atoms with Gasteiger partial charge in [0.15, 0.2) is 13.2 Å². The molecule has 12 nitrogen and oxygen atoms in total. The maximum absolute atomic E-state index is 12.0. The number of alkyl carbamates (subject to hydrolysis) is 2. The van der Waals surface area contributed by atoms with E-state index in [2.05, 4.69) is 34.3 Å². The summed E-state index contributed by atoms with van der Waals surface area (Å²) < 4.78 is 9.99. The lowest BCUT2D eigenvalue weighted by atomic mass is 9.98. The molecule has 3 aromatic carbocycles. The van der Waals surface area contributed by atoms with Crippen molar-refractivity contribution in [2.75, 3.05) is 13.2 Å². The van der Waals surface area contributed by atoms with Gasteiger partial charge in [0.25, 0.3) is 0 Å². The van der Waals surface area contributed by atoms with Crippen molar-refractivity contribution >= 4 is 24.1 Å². The van der Waals surface area contributed by atoms with Crippen LogP contribution in [0.2, 0.25) is 0 Å². The molecule has 0 aliphatic carbocycles.